The van der Waals surface area contributed by atoms with E-state index in [0.29, 0.717) is 49.4 Å². The summed E-state index contributed by atoms with van der Waals surface area (Å²) in [5.74, 6) is -2.43. The molecule has 3 heterocycles. The highest BCUT2D eigenvalue weighted by Gasteiger charge is 2.44. The van der Waals surface area contributed by atoms with Crippen molar-refractivity contribution in [2.75, 3.05) is 59.7 Å². The predicted octanol–water partition coefficient (Wildman–Crippen LogP) is -0.927. The van der Waals surface area contributed by atoms with Crippen LogP contribution in [0.5, 0.6) is 0 Å². The highest BCUT2D eigenvalue weighted by Crippen LogP contribution is 2.31. The van der Waals surface area contributed by atoms with E-state index >= 15 is 0 Å². The zero-order chi connectivity index (χ0) is 37.3. The van der Waals surface area contributed by atoms with Gasteiger partial charge in [0.05, 0.1) is 37.9 Å². The third kappa shape index (κ3) is 11.7. The minimum Gasteiger partial charge on any atom is -0.469 e. The minimum absolute atomic E-state index is 0.00713. The molecule has 0 aliphatic carbocycles. The van der Waals surface area contributed by atoms with E-state index in [1.54, 1.807) is 36.4 Å². The number of hydrogen-bond acceptors (Lipinski definition) is 10. The number of nitrogens with one attached hydrogen (secondary N) is 5. The van der Waals surface area contributed by atoms with E-state index < -0.39 is 52.9 Å². The van der Waals surface area contributed by atoms with Crippen molar-refractivity contribution in [1.29, 1.82) is 0 Å². The molecule has 1 aromatic carbocycles. The Morgan fingerprint density at radius 3 is 2.60 bits per heavy atom. The van der Waals surface area contributed by atoms with E-state index in [2.05, 4.69) is 26.6 Å². The highest BCUT2D eigenvalue weighted by molar-refractivity contribution is 5.97. The van der Waals surface area contributed by atoms with Gasteiger partial charge in [0, 0.05) is 65.0 Å². The molecule has 2 aromatic rings. The first-order valence-electron chi connectivity index (χ1n) is 17.4. The van der Waals surface area contributed by atoms with E-state index in [0.717, 1.165) is 12.2 Å². The number of hydrogen-bond donors (Lipinski definition) is 6. The van der Waals surface area contributed by atoms with E-state index in [4.69, 9.17) is 19.6 Å². The number of rotatable bonds is 10. The van der Waals surface area contributed by atoms with Crippen LogP contribution in [0.3, 0.4) is 0 Å². The van der Waals surface area contributed by atoms with Gasteiger partial charge in [-0.25, -0.2) is 0 Å². The molecule has 16 nitrogen and oxygen atoms in total. The first kappa shape index (κ1) is 39.7. The van der Waals surface area contributed by atoms with Crippen LogP contribution in [0.25, 0.3) is 0 Å². The molecule has 2 aliphatic heterocycles. The number of benzene rings is 1. The Bertz CT molecular complexity index is 1560. The van der Waals surface area contributed by atoms with Gasteiger partial charge in [0.2, 0.25) is 35.4 Å². The second kappa shape index (κ2) is 20.1. The molecule has 0 saturated carbocycles. The summed E-state index contributed by atoms with van der Waals surface area (Å²) in [4.78, 5) is 81.6. The summed E-state index contributed by atoms with van der Waals surface area (Å²) in [6.45, 7) is 1.51. The summed E-state index contributed by atoms with van der Waals surface area (Å²) in [7, 11) is 1.46. The maximum Gasteiger partial charge on any atom is 0.246 e. The molecule has 1 saturated heterocycles. The van der Waals surface area contributed by atoms with E-state index in [9.17, 15) is 28.8 Å². The Labute approximate surface area is 302 Å². The summed E-state index contributed by atoms with van der Waals surface area (Å²) < 4.78 is 16.3. The monoisotopic (exact) mass is 723 g/mol. The van der Waals surface area contributed by atoms with Gasteiger partial charge in [0.15, 0.2) is 0 Å². The number of carbonyl (C=O) groups is 6. The largest absolute Gasteiger partial charge is 0.469 e. The van der Waals surface area contributed by atoms with E-state index in [1.807, 2.05) is 0 Å². The summed E-state index contributed by atoms with van der Waals surface area (Å²) in [6, 6.07) is 8.41. The maximum atomic E-state index is 14.0. The van der Waals surface area contributed by atoms with Gasteiger partial charge < -0.3 is 51.1 Å². The van der Waals surface area contributed by atoms with Gasteiger partial charge in [-0.15, -0.1) is 0 Å². The number of carbonyl (C=O) groups excluding carboxylic acids is 6. The molecule has 52 heavy (non-hydrogen) atoms. The molecule has 7 N–H and O–H groups in total. The summed E-state index contributed by atoms with van der Waals surface area (Å²) in [5, 5.41) is 13.9. The third-order valence-corrected chi connectivity index (χ3v) is 8.89. The Morgan fingerprint density at radius 2 is 1.85 bits per heavy atom. The molecule has 0 unspecified atom stereocenters. The van der Waals surface area contributed by atoms with Crippen LogP contribution in [0.2, 0.25) is 0 Å². The standard InChI is InChI=1S/C36H49N7O9/c1-50-24-36-12-5-16-43(23-36)32(46)10-9-30(44)38-14-11-28(33(47)39-15-19-51-18-13-37)41-31(45)20-25-6-2-3-7-26(25)22-40-34(48)29(42-35(36)49)21-27-8-4-17-52-27/h2-4,6-10,17,28-29H,5,11-16,18-24,37H2,1H3,(H,38,44)(H,39,47)(H,40,48)(H,41,45)(H,42,49)/b10-9+/t28-,29-,36-/m0/s1. The molecular weight excluding hydrogens is 674 g/mol. The summed E-state index contributed by atoms with van der Waals surface area (Å²) >= 11 is 0. The fourth-order valence-electron chi connectivity index (χ4n) is 6.22. The molecular formula is C36H49N7O9. The van der Waals surface area contributed by atoms with Crippen molar-refractivity contribution in [2.24, 2.45) is 11.1 Å². The van der Waals surface area contributed by atoms with Gasteiger partial charge in [0.25, 0.3) is 0 Å². The SMILES string of the molecule is COC[C@]12CCCN(C1)C(=O)/C=C/C(=O)NCC[C@@H](C(=O)NCCOCCN)NC(=O)Cc1ccccc1CNC(=O)[C@H](Cc1ccco1)NC2=O. The van der Waals surface area contributed by atoms with Gasteiger partial charge in [-0.2, -0.15) is 0 Å². The molecule has 3 atom stereocenters. The first-order chi connectivity index (χ1) is 25.1. The molecule has 4 rings (SSSR count). The lowest BCUT2D eigenvalue weighted by Gasteiger charge is -2.41. The Kier molecular flexibility index (Phi) is 15.4. The zero-order valence-corrected chi connectivity index (χ0v) is 29.4. The van der Waals surface area contributed by atoms with Crippen molar-refractivity contribution in [1.82, 2.24) is 31.5 Å². The van der Waals surface area contributed by atoms with Gasteiger partial charge in [0.1, 0.15) is 17.8 Å². The molecule has 1 fully saturated rings. The third-order valence-electron chi connectivity index (χ3n) is 8.89. The maximum absolute atomic E-state index is 14.0. The van der Waals surface area contributed by atoms with E-state index in [-0.39, 0.29) is 58.7 Å². The first-order valence-corrected chi connectivity index (χ1v) is 17.4. The molecule has 0 spiro atoms. The lowest BCUT2D eigenvalue weighted by atomic mass is 9.79. The fourth-order valence-corrected chi connectivity index (χ4v) is 6.22. The van der Waals surface area contributed by atoms with Crippen molar-refractivity contribution in [3.05, 3.63) is 71.7 Å². The summed E-state index contributed by atoms with van der Waals surface area (Å²) in [6.07, 6.45) is 4.59. The van der Waals surface area contributed by atoms with E-state index in [1.165, 1.54) is 18.3 Å². The second-order valence-electron chi connectivity index (χ2n) is 12.8. The number of ether oxygens (including phenoxy) is 2. The zero-order valence-electron chi connectivity index (χ0n) is 29.4. The molecule has 282 valence electrons. The van der Waals surface area contributed by atoms with Gasteiger partial charge in [-0.05, 0) is 42.5 Å². The van der Waals surface area contributed by atoms with Crippen LogP contribution < -0.4 is 32.3 Å². The topological polar surface area (TPSA) is 223 Å². The van der Waals surface area contributed by atoms with Crippen LogP contribution in [0, 0.1) is 5.41 Å². The molecule has 2 bridgehead atoms. The van der Waals surface area contributed by atoms with Crippen LogP contribution in [0.1, 0.15) is 36.1 Å². The average molecular weight is 724 g/mol. The van der Waals surface area contributed by atoms with Crippen LogP contribution in [0.4, 0.5) is 0 Å². The van der Waals surface area contributed by atoms with Crippen LogP contribution in [0.15, 0.2) is 59.2 Å². The molecule has 2 aliphatic rings. The van der Waals surface area contributed by atoms with Gasteiger partial charge in [-0.1, -0.05) is 24.3 Å². The number of fused-ring (bicyclic) bond motifs is 3. The van der Waals surface area contributed by atoms with Crippen molar-refractivity contribution >= 4 is 35.4 Å². The van der Waals surface area contributed by atoms with Crippen molar-refractivity contribution in [3.8, 4) is 0 Å². The number of nitrogens with two attached hydrogens (primary N) is 1. The van der Waals surface area contributed by atoms with Gasteiger partial charge in [-0.3, -0.25) is 28.8 Å². The molecule has 1 aromatic heterocycles. The number of methoxy groups -OCH3 is 1. The predicted molar refractivity (Wildman–Crippen MR) is 188 cm³/mol. The Morgan fingerprint density at radius 1 is 1.04 bits per heavy atom. The quantitative estimate of drug-likeness (QED) is 0.165. The molecule has 16 heteroatoms. The van der Waals surface area contributed by atoms with Crippen molar-refractivity contribution in [2.45, 2.75) is 50.7 Å². The fraction of sp³-hybridized carbons (Fsp3) is 0.500. The highest BCUT2D eigenvalue weighted by atomic mass is 16.5. The van der Waals surface area contributed by atoms with Crippen LogP contribution in [-0.4, -0.2) is 112 Å². The van der Waals surface area contributed by atoms with Crippen LogP contribution >= 0.6 is 0 Å². The number of amides is 6. The van der Waals surface area contributed by atoms with Crippen molar-refractivity contribution in [3.63, 3.8) is 0 Å². The molecule has 0 radical (unpaired) electrons. The summed E-state index contributed by atoms with van der Waals surface area (Å²) in [5.41, 5.74) is 5.55. The van der Waals surface area contributed by atoms with Crippen LogP contribution in [-0.2, 0) is 57.6 Å². The lowest BCUT2D eigenvalue weighted by Crippen LogP contribution is -2.59. The Hall–Kier alpha value is -5.06. The van der Waals surface area contributed by atoms with Gasteiger partial charge >= 0.3 is 0 Å². The number of nitrogens with zero attached hydrogens (tertiary/aromatic N) is 1. The van der Waals surface area contributed by atoms with Crippen molar-refractivity contribution < 1.29 is 42.7 Å². The molecule has 6 amide bonds. The lowest BCUT2D eigenvalue weighted by molar-refractivity contribution is -0.145. The number of piperidine rings is 1. The number of furan rings is 1. The smallest absolute Gasteiger partial charge is 0.246 e. The second-order valence-corrected chi connectivity index (χ2v) is 12.8. The minimum atomic E-state index is -1.16. The average Bonchev–Trinajstić information content (AvgIpc) is 3.65. The Balaban J connectivity index is 1.60. The normalized spacial score (nSPS) is 23.1.